The number of hydrogen-bond acceptors (Lipinski definition) is 4. The summed E-state index contributed by atoms with van der Waals surface area (Å²) in [4.78, 5) is 15.2. The van der Waals surface area contributed by atoms with Gasteiger partial charge in [0.25, 0.3) is 0 Å². The van der Waals surface area contributed by atoms with Gasteiger partial charge < -0.3 is 24.5 Å². The van der Waals surface area contributed by atoms with E-state index in [1.807, 2.05) is 0 Å². The first-order valence-electron chi connectivity index (χ1n) is 9.60. The molecule has 2 N–H and O–H groups in total. The maximum atomic E-state index is 13.9. The smallest absolute Gasteiger partial charge is 0.244 e. The van der Waals surface area contributed by atoms with Gasteiger partial charge in [0, 0.05) is 29.8 Å². The SMILES string of the molecule is COc1cc(/C=C\C(=O)NCCc2c(C)[nH]c3c(F)cc(F)cc23)cc(OC)c1OC. The molecular weight excluding hydrogens is 406 g/mol. The minimum atomic E-state index is -0.637. The van der Waals surface area contributed by atoms with E-state index >= 15 is 0 Å². The highest BCUT2D eigenvalue weighted by atomic mass is 19.1. The average molecular weight is 430 g/mol. The van der Waals surface area contributed by atoms with Crippen molar-refractivity contribution in [2.75, 3.05) is 27.9 Å². The van der Waals surface area contributed by atoms with Gasteiger partial charge in [-0.2, -0.15) is 0 Å². The summed E-state index contributed by atoms with van der Waals surface area (Å²) in [5, 5.41) is 3.26. The van der Waals surface area contributed by atoms with Crippen LogP contribution in [0.15, 0.2) is 30.3 Å². The van der Waals surface area contributed by atoms with Crippen molar-refractivity contribution in [3.63, 3.8) is 0 Å². The summed E-state index contributed by atoms with van der Waals surface area (Å²) in [6.45, 7) is 2.10. The number of hydrogen-bond donors (Lipinski definition) is 2. The third-order valence-corrected chi connectivity index (χ3v) is 4.93. The second-order valence-electron chi connectivity index (χ2n) is 6.87. The second kappa shape index (κ2) is 9.51. The van der Waals surface area contributed by atoms with Crippen molar-refractivity contribution in [2.24, 2.45) is 0 Å². The molecule has 0 bridgehead atoms. The lowest BCUT2D eigenvalue weighted by atomic mass is 10.1. The predicted octanol–water partition coefficient (Wildman–Crippen LogP) is 4.15. The zero-order valence-corrected chi connectivity index (χ0v) is 17.8. The van der Waals surface area contributed by atoms with Crippen LogP contribution in [0.5, 0.6) is 17.2 Å². The number of carbonyl (C=O) groups is 1. The Bertz CT molecular complexity index is 1110. The largest absolute Gasteiger partial charge is 0.493 e. The summed E-state index contributed by atoms with van der Waals surface area (Å²) >= 11 is 0. The first kappa shape index (κ1) is 22.1. The van der Waals surface area contributed by atoms with Crippen molar-refractivity contribution in [1.82, 2.24) is 10.3 Å². The van der Waals surface area contributed by atoms with Gasteiger partial charge in [-0.3, -0.25) is 4.79 Å². The van der Waals surface area contributed by atoms with Gasteiger partial charge in [-0.15, -0.1) is 0 Å². The number of aromatic nitrogens is 1. The number of H-pyrrole nitrogens is 1. The lowest BCUT2D eigenvalue weighted by Gasteiger charge is -2.12. The van der Waals surface area contributed by atoms with Gasteiger partial charge in [-0.05, 0) is 48.7 Å². The number of halogens is 2. The number of aromatic amines is 1. The van der Waals surface area contributed by atoms with Crippen LogP contribution < -0.4 is 19.5 Å². The molecule has 1 heterocycles. The number of nitrogens with one attached hydrogen (secondary N) is 2. The van der Waals surface area contributed by atoms with Crippen LogP contribution in [0.3, 0.4) is 0 Å². The van der Waals surface area contributed by atoms with E-state index in [9.17, 15) is 13.6 Å². The second-order valence-corrected chi connectivity index (χ2v) is 6.87. The molecule has 8 heteroatoms. The first-order chi connectivity index (χ1) is 14.9. The van der Waals surface area contributed by atoms with Crippen molar-refractivity contribution in [1.29, 1.82) is 0 Å². The quantitative estimate of drug-likeness (QED) is 0.527. The normalized spacial score (nSPS) is 11.2. The molecule has 0 saturated heterocycles. The highest BCUT2D eigenvalue weighted by molar-refractivity contribution is 5.92. The number of methoxy groups -OCH3 is 3. The Labute approximate surface area is 178 Å². The Hall–Kier alpha value is -3.55. The Morgan fingerprint density at radius 1 is 1.06 bits per heavy atom. The van der Waals surface area contributed by atoms with E-state index in [-0.39, 0.29) is 11.4 Å². The minimum Gasteiger partial charge on any atom is -0.493 e. The van der Waals surface area contributed by atoms with E-state index in [0.717, 1.165) is 17.3 Å². The monoisotopic (exact) mass is 430 g/mol. The van der Waals surface area contributed by atoms with E-state index in [1.165, 1.54) is 33.5 Å². The zero-order valence-electron chi connectivity index (χ0n) is 17.8. The predicted molar refractivity (Wildman–Crippen MR) is 115 cm³/mol. The number of carbonyl (C=O) groups excluding carboxylic acids is 1. The van der Waals surface area contributed by atoms with Crippen LogP contribution in [0.2, 0.25) is 0 Å². The number of aryl methyl sites for hydroxylation is 1. The van der Waals surface area contributed by atoms with E-state index in [0.29, 0.717) is 41.2 Å². The Morgan fingerprint density at radius 3 is 2.35 bits per heavy atom. The highest BCUT2D eigenvalue weighted by Gasteiger charge is 2.14. The van der Waals surface area contributed by atoms with Crippen LogP contribution in [-0.4, -0.2) is 38.8 Å². The van der Waals surface area contributed by atoms with Crippen molar-refractivity contribution < 1.29 is 27.8 Å². The van der Waals surface area contributed by atoms with Crippen LogP contribution >= 0.6 is 0 Å². The molecule has 0 aliphatic heterocycles. The number of rotatable bonds is 8. The molecular formula is C23H24F2N2O4. The van der Waals surface area contributed by atoms with Crippen LogP contribution in [0.1, 0.15) is 16.8 Å². The Morgan fingerprint density at radius 2 is 1.74 bits per heavy atom. The molecule has 1 amide bonds. The maximum Gasteiger partial charge on any atom is 0.244 e. The van der Waals surface area contributed by atoms with Gasteiger partial charge in [-0.1, -0.05) is 0 Å². The van der Waals surface area contributed by atoms with Gasteiger partial charge >= 0.3 is 0 Å². The molecule has 0 aliphatic carbocycles. The lowest BCUT2D eigenvalue weighted by molar-refractivity contribution is -0.116. The summed E-state index contributed by atoms with van der Waals surface area (Å²) in [5.74, 6) is -0.145. The van der Waals surface area contributed by atoms with Crippen LogP contribution in [0.4, 0.5) is 8.78 Å². The molecule has 6 nitrogen and oxygen atoms in total. The van der Waals surface area contributed by atoms with Crippen molar-refractivity contribution in [3.05, 3.63) is 58.8 Å². The number of benzene rings is 2. The van der Waals surface area contributed by atoms with Gasteiger partial charge in [0.1, 0.15) is 11.6 Å². The van der Waals surface area contributed by atoms with Crippen molar-refractivity contribution in [2.45, 2.75) is 13.3 Å². The molecule has 1 aromatic heterocycles. The zero-order chi connectivity index (χ0) is 22.5. The van der Waals surface area contributed by atoms with Gasteiger partial charge in [0.05, 0.1) is 26.8 Å². The minimum absolute atomic E-state index is 0.266. The van der Waals surface area contributed by atoms with Crippen molar-refractivity contribution >= 4 is 22.9 Å². The Balaban J connectivity index is 1.67. The van der Waals surface area contributed by atoms with E-state index < -0.39 is 11.6 Å². The molecule has 0 unspecified atom stereocenters. The number of fused-ring (bicyclic) bond motifs is 1. The van der Waals surface area contributed by atoms with Gasteiger partial charge in [-0.25, -0.2) is 8.78 Å². The highest BCUT2D eigenvalue weighted by Crippen LogP contribution is 2.38. The van der Waals surface area contributed by atoms with Crippen LogP contribution in [0, 0.1) is 18.6 Å². The molecule has 0 spiro atoms. The van der Waals surface area contributed by atoms with E-state index in [2.05, 4.69) is 10.3 Å². The van der Waals surface area contributed by atoms with Gasteiger partial charge in [0.2, 0.25) is 11.7 Å². The third kappa shape index (κ3) is 4.79. The summed E-state index contributed by atoms with van der Waals surface area (Å²) in [6.07, 6.45) is 3.45. The van der Waals surface area contributed by atoms with E-state index in [1.54, 1.807) is 25.1 Å². The number of ether oxygens (including phenoxy) is 3. The summed E-state index contributed by atoms with van der Waals surface area (Å²) in [6, 6.07) is 5.59. The molecule has 164 valence electrons. The molecule has 31 heavy (non-hydrogen) atoms. The Kier molecular flexibility index (Phi) is 6.79. The average Bonchev–Trinajstić information content (AvgIpc) is 3.07. The summed E-state index contributed by atoms with van der Waals surface area (Å²) in [7, 11) is 4.55. The summed E-state index contributed by atoms with van der Waals surface area (Å²) < 4.78 is 43.4. The molecule has 0 atom stereocenters. The van der Waals surface area contributed by atoms with Crippen LogP contribution in [-0.2, 0) is 11.2 Å². The molecule has 3 rings (SSSR count). The fraction of sp³-hybridized carbons (Fsp3) is 0.261. The molecule has 0 aliphatic rings. The lowest BCUT2D eigenvalue weighted by Crippen LogP contribution is -2.23. The number of amides is 1. The first-order valence-corrected chi connectivity index (χ1v) is 9.60. The molecule has 2 aromatic carbocycles. The topological polar surface area (TPSA) is 72.6 Å². The van der Waals surface area contributed by atoms with Gasteiger partial charge in [0.15, 0.2) is 11.5 Å². The maximum absolute atomic E-state index is 13.9. The molecule has 0 saturated carbocycles. The standard InChI is InChI=1S/C23H24F2N2O4/c1-13-16(17-11-15(24)12-18(25)22(17)27-13)7-8-26-21(28)6-5-14-9-19(29-2)23(31-4)20(10-14)30-3/h5-6,9-12,27H,7-8H2,1-4H3,(H,26,28)/b6-5-. The van der Waals surface area contributed by atoms with Crippen molar-refractivity contribution in [3.8, 4) is 17.2 Å². The fourth-order valence-corrected chi connectivity index (χ4v) is 3.46. The fourth-order valence-electron chi connectivity index (χ4n) is 3.46. The third-order valence-electron chi connectivity index (χ3n) is 4.93. The summed E-state index contributed by atoms with van der Waals surface area (Å²) in [5.41, 5.74) is 2.47. The molecule has 3 aromatic rings. The van der Waals surface area contributed by atoms with Crippen LogP contribution in [0.25, 0.3) is 17.0 Å². The molecule has 0 fully saturated rings. The molecule has 0 radical (unpaired) electrons. The van der Waals surface area contributed by atoms with E-state index in [4.69, 9.17) is 14.2 Å².